The van der Waals surface area contributed by atoms with Crippen molar-refractivity contribution in [3.8, 4) is 5.75 Å². The second-order valence-electron chi connectivity index (χ2n) is 5.57. The Hall–Kier alpha value is -0.320. The fraction of sp³-hybridized carbons (Fsp3) is 0.625. The van der Waals surface area contributed by atoms with E-state index in [2.05, 4.69) is 43.0 Å². The molecule has 3 rings (SSSR count). The lowest BCUT2D eigenvalue weighted by Gasteiger charge is -2.34. The van der Waals surface area contributed by atoms with E-state index >= 15 is 0 Å². The van der Waals surface area contributed by atoms with Crippen LogP contribution in [0.2, 0.25) is 0 Å². The molecule has 3 atom stereocenters. The lowest BCUT2D eigenvalue weighted by Crippen LogP contribution is -2.35. The first-order valence-electron chi connectivity index (χ1n) is 7.53. The fourth-order valence-corrected chi connectivity index (χ4v) is 5.82. The van der Waals surface area contributed by atoms with Crippen LogP contribution in [0.1, 0.15) is 37.8 Å². The minimum atomic E-state index is 0.112. The van der Waals surface area contributed by atoms with E-state index in [-0.39, 0.29) is 6.04 Å². The average molecular weight is 310 g/mol. The van der Waals surface area contributed by atoms with Crippen molar-refractivity contribution in [2.75, 3.05) is 11.5 Å². The maximum Gasteiger partial charge on any atom is 0.120 e. The number of nitrogens with two attached hydrogens (primary N) is 1. The second kappa shape index (κ2) is 6.63. The standard InChI is InChI=1S/C16H23NOS2/c1-2-14-16(20-9-8-19-14)15(17)11-4-3-5-13(10-11)18-12-6-7-12/h3-5,10,12,14-16H,2,6-9,17H2,1H3. The second-order valence-corrected chi connectivity index (χ2v) is 8.20. The highest BCUT2D eigenvalue weighted by Gasteiger charge is 2.31. The summed E-state index contributed by atoms with van der Waals surface area (Å²) in [5.41, 5.74) is 7.79. The first-order valence-corrected chi connectivity index (χ1v) is 9.63. The Bertz CT molecular complexity index is 450. The molecule has 1 aliphatic heterocycles. The Morgan fingerprint density at radius 3 is 2.85 bits per heavy atom. The predicted octanol–water partition coefficient (Wildman–Crippen LogP) is 3.85. The van der Waals surface area contributed by atoms with E-state index in [1.807, 2.05) is 11.8 Å². The maximum absolute atomic E-state index is 6.56. The molecule has 20 heavy (non-hydrogen) atoms. The summed E-state index contributed by atoms with van der Waals surface area (Å²) in [4.78, 5) is 0. The van der Waals surface area contributed by atoms with E-state index in [9.17, 15) is 0 Å². The molecule has 1 heterocycles. The smallest absolute Gasteiger partial charge is 0.120 e. The average Bonchev–Trinajstić information content (AvgIpc) is 3.30. The van der Waals surface area contributed by atoms with Crippen molar-refractivity contribution in [1.82, 2.24) is 0 Å². The van der Waals surface area contributed by atoms with E-state index in [1.54, 1.807) is 0 Å². The zero-order valence-corrected chi connectivity index (χ0v) is 13.6. The van der Waals surface area contributed by atoms with E-state index in [0.717, 1.165) is 5.75 Å². The highest BCUT2D eigenvalue weighted by Crippen LogP contribution is 2.40. The third-order valence-corrected chi connectivity index (χ3v) is 7.29. The lowest BCUT2D eigenvalue weighted by atomic mass is 10.0. The number of hydrogen-bond acceptors (Lipinski definition) is 4. The Balaban J connectivity index is 1.72. The molecule has 2 N–H and O–H groups in total. The summed E-state index contributed by atoms with van der Waals surface area (Å²) < 4.78 is 5.89. The van der Waals surface area contributed by atoms with Crippen LogP contribution in [0.4, 0.5) is 0 Å². The summed E-state index contributed by atoms with van der Waals surface area (Å²) in [7, 11) is 0. The van der Waals surface area contributed by atoms with Gasteiger partial charge < -0.3 is 10.5 Å². The number of ether oxygens (including phenoxy) is 1. The molecule has 2 fully saturated rings. The normalized spacial score (nSPS) is 28.1. The van der Waals surface area contributed by atoms with Gasteiger partial charge in [0.15, 0.2) is 0 Å². The van der Waals surface area contributed by atoms with Crippen LogP contribution in [0.15, 0.2) is 24.3 Å². The molecule has 3 unspecified atom stereocenters. The first-order chi connectivity index (χ1) is 9.78. The quantitative estimate of drug-likeness (QED) is 0.896. The van der Waals surface area contributed by atoms with Crippen LogP contribution in [0.5, 0.6) is 5.75 Å². The van der Waals surface area contributed by atoms with Crippen LogP contribution >= 0.6 is 23.5 Å². The molecule has 0 bridgehead atoms. The van der Waals surface area contributed by atoms with Gasteiger partial charge in [0.25, 0.3) is 0 Å². The van der Waals surface area contributed by atoms with Crippen LogP contribution in [0.3, 0.4) is 0 Å². The van der Waals surface area contributed by atoms with Crippen molar-refractivity contribution in [1.29, 1.82) is 0 Å². The predicted molar refractivity (Wildman–Crippen MR) is 89.8 cm³/mol. The summed E-state index contributed by atoms with van der Waals surface area (Å²) in [5.74, 6) is 3.47. The number of benzene rings is 1. The highest BCUT2D eigenvalue weighted by molar-refractivity contribution is 8.07. The maximum atomic E-state index is 6.56. The molecule has 4 heteroatoms. The lowest BCUT2D eigenvalue weighted by molar-refractivity contribution is 0.302. The van der Waals surface area contributed by atoms with Crippen molar-refractivity contribution in [3.05, 3.63) is 29.8 Å². The zero-order chi connectivity index (χ0) is 13.9. The first kappa shape index (κ1) is 14.6. The molecule has 0 amide bonds. The zero-order valence-electron chi connectivity index (χ0n) is 12.0. The number of rotatable bonds is 5. The monoisotopic (exact) mass is 309 g/mol. The molecule has 1 aliphatic carbocycles. The third kappa shape index (κ3) is 3.46. The van der Waals surface area contributed by atoms with Crippen molar-refractivity contribution in [2.45, 2.75) is 48.8 Å². The largest absolute Gasteiger partial charge is 0.490 e. The molecule has 0 spiro atoms. The van der Waals surface area contributed by atoms with E-state index < -0.39 is 0 Å². The van der Waals surface area contributed by atoms with Crippen molar-refractivity contribution in [3.63, 3.8) is 0 Å². The van der Waals surface area contributed by atoms with Gasteiger partial charge in [-0.1, -0.05) is 19.1 Å². The Morgan fingerprint density at radius 2 is 2.10 bits per heavy atom. The van der Waals surface area contributed by atoms with Gasteiger partial charge in [-0.25, -0.2) is 0 Å². The summed E-state index contributed by atoms with van der Waals surface area (Å²) in [6.45, 7) is 2.27. The Kier molecular flexibility index (Phi) is 4.84. The SMILES string of the molecule is CCC1SCCSC1C(N)c1cccc(OC2CC2)c1. The topological polar surface area (TPSA) is 35.2 Å². The van der Waals surface area contributed by atoms with E-state index in [0.29, 0.717) is 16.6 Å². The van der Waals surface area contributed by atoms with Crippen molar-refractivity contribution >= 4 is 23.5 Å². The fourth-order valence-electron chi connectivity index (χ4n) is 2.63. The van der Waals surface area contributed by atoms with Gasteiger partial charge in [-0.05, 0) is 37.0 Å². The van der Waals surface area contributed by atoms with Gasteiger partial charge in [0.05, 0.1) is 6.10 Å². The third-order valence-electron chi connectivity index (χ3n) is 3.92. The summed E-state index contributed by atoms with van der Waals surface area (Å²) in [6.07, 6.45) is 4.05. The van der Waals surface area contributed by atoms with Gasteiger partial charge in [0.2, 0.25) is 0 Å². The van der Waals surface area contributed by atoms with Crippen molar-refractivity contribution < 1.29 is 4.74 Å². The van der Waals surface area contributed by atoms with E-state index in [4.69, 9.17) is 10.5 Å². The molecule has 1 aromatic rings. The molecular weight excluding hydrogens is 286 g/mol. The number of thioether (sulfide) groups is 2. The molecule has 1 aromatic carbocycles. The molecule has 0 radical (unpaired) electrons. The molecular formula is C16H23NOS2. The van der Waals surface area contributed by atoms with Gasteiger partial charge in [-0.2, -0.15) is 23.5 Å². The van der Waals surface area contributed by atoms with Gasteiger partial charge in [-0.3, -0.25) is 0 Å². The van der Waals surface area contributed by atoms with Crippen LogP contribution in [0, 0.1) is 0 Å². The molecule has 1 saturated heterocycles. The molecule has 0 aromatic heterocycles. The van der Waals surface area contributed by atoms with Gasteiger partial charge in [-0.15, -0.1) is 0 Å². The van der Waals surface area contributed by atoms with Gasteiger partial charge >= 0.3 is 0 Å². The molecule has 2 aliphatic rings. The summed E-state index contributed by atoms with van der Waals surface area (Å²) in [6, 6.07) is 8.54. The molecule has 1 saturated carbocycles. The summed E-state index contributed by atoms with van der Waals surface area (Å²) in [5, 5.41) is 1.20. The minimum absolute atomic E-state index is 0.112. The Labute approximate surface area is 130 Å². The van der Waals surface area contributed by atoms with E-state index in [1.165, 1.54) is 36.3 Å². The minimum Gasteiger partial charge on any atom is -0.490 e. The van der Waals surface area contributed by atoms with Crippen LogP contribution in [-0.4, -0.2) is 28.1 Å². The van der Waals surface area contributed by atoms with Crippen LogP contribution < -0.4 is 10.5 Å². The van der Waals surface area contributed by atoms with Gasteiger partial charge in [0, 0.05) is 28.0 Å². The van der Waals surface area contributed by atoms with Crippen LogP contribution in [-0.2, 0) is 0 Å². The molecule has 2 nitrogen and oxygen atoms in total. The molecule has 110 valence electrons. The van der Waals surface area contributed by atoms with Crippen molar-refractivity contribution in [2.24, 2.45) is 5.73 Å². The van der Waals surface area contributed by atoms with Crippen LogP contribution in [0.25, 0.3) is 0 Å². The highest BCUT2D eigenvalue weighted by atomic mass is 32.2. The van der Waals surface area contributed by atoms with Gasteiger partial charge in [0.1, 0.15) is 5.75 Å². The number of hydrogen-bond donors (Lipinski definition) is 1. The Morgan fingerprint density at radius 1 is 1.30 bits per heavy atom. The summed E-state index contributed by atoms with van der Waals surface area (Å²) >= 11 is 4.13.